The third-order valence-electron chi connectivity index (χ3n) is 4.58. The van der Waals surface area contributed by atoms with Crippen molar-refractivity contribution >= 4 is 28.2 Å². The number of hydrogen-bond donors (Lipinski definition) is 1. The molecule has 0 radical (unpaired) electrons. The summed E-state index contributed by atoms with van der Waals surface area (Å²) in [4.78, 5) is 14.4. The van der Waals surface area contributed by atoms with Crippen LogP contribution >= 0.6 is 12.4 Å². The smallest absolute Gasteiger partial charge is 0.226 e. The van der Waals surface area contributed by atoms with Gasteiger partial charge in [0.05, 0.1) is 17.9 Å². The summed E-state index contributed by atoms with van der Waals surface area (Å²) in [6.45, 7) is 4.02. The Labute approximate surface area is 148 Å². The van der Waals surface area contributed by atoms with Crippen LogP contribution in [0.15, 0.2) is 29.2 Å². The van der Waals surface area contributed by atoms with Crippen molar-refractivity contribution in [2.75, 3.05) is 39.0 Å². The van der Waals surface area contributed by atoms with Gasteiger partial charge in [0, 0.05) is 32.4 Å². The van der Waals surface area contributed by atoms with Gasteiger partial charge in [0.25, 0.3) is 0 Å². The molecule has 0 saturated carbocycles. The van der Waals surface area contributed by atoms with Crippen LogP contribution in [0.4, 0.5) is 0 Å². The molecule has 2 aliphatic rings. The van der Waals surface area contributed by atoms with Crippen LogP contribution in [-0.2, 0) is 14.6 Å². The van der Waals surface area contributed by atoms with E-state index in [0.29, 0.717) is 30.6 Å². The molecule has 2 saturated heterocycles. The first-order valence-electron chi connectivity index (χ1n) is 7.85. The highest BCUT2D eigenvalue weighted by Crippen LogP contribution is 2.26. The van der Waals surface area contributed by atoms with Gasteiger partial charge in [0.15, 0.2) is 9.84 Å². The van der Waals surface area contributed by atoms with E-state index in [1.807, 2.05) is 4.90 Å². The van der Waals surface area contributed by atoms with Crippen LogP contribution in [0.1, 0.15) is 6.42 Å². The molecule has 0 spiro atoms. The third kappa shape index (κ3) is 4.40. The molecule has 0 bridgehead atoms. The lowest BCUT2D eigenvalue weighted by molar-refractivity contribution is -0.130. The van der Waals surface area contributed by atoms with Gasteiger partial charge in [0.1, 0.15) is 5.75 Å². The van der Waals surface area contributed by atoms with Crippen molar-refractivity contribution in [3.8, 4) is 5.75 Å². The van der Waals surface area contributed by atoms with Crippen LogP contribution in [-0.4, -0.2) is 58.3 Å². The van der Waals surface area contributed by atoms with Crippen molar-refractivity contribution in [3.05, 3.63) is 24.3 Å². The van der Waals surface area contributed by atoms with Crippen molar-refractivity contribution in [1.82, 2.24) is 10.2 Å². The highest BCUT2D eigenvalue weighted by Gasteiger charge is 2.37. The van der Waals surface area contributed by atoms with Crippen molar-refractivity contribution in [2.24, 2.45) is 11.8 Å². The molecule has 1 N–H and O–H groups in total. The molecule has 1 aromatic carbocycles. The molecular weight excluding hydrogens is 352 g/mol. The largest absolute Gasteiger partial charge is 0.493 e. The topological polar surface area (TPSA) is 75.7 Å². The number of carbonyl (C=O) groups is 1. The van der Waals surface area contributed by atoms with Gasteiger partial charge in [0.2, 0.25) is 5.91 Å². The van der Waals surface area contributed by atoms with E-state index in [9.17, 15) is 13.2 Å². The van der Waals surface area contributed by atoms with Crippen molar-refractivity contribution in [1.29, 1.82) is 0 Å². The molecule has 2 atom stereocenters. The second-order valence-corrected chi connectivity index (χ2v) is 8.33. The monoisotopic (exact) mass is 374 g/mol. The Kier molecular flexibility index (Phi) is 6.11. The molecular formula is C16H23ClN2O4S. The minimum atomic E-state index is -3.19. The minimum Gasteiger partial charge on any atom is -0.493 e. The Morgan fingerprint density at radius 1 is 1.21 bits per heavy atom. The van der Waals surface area contributed by atoms with E-state index < -0.39 is 9.84 Å². The standard InChI is InChI=1S/C16H22N2O4S.ClH/c1-23(20,21)15-4-2-14(3-5-15)22-7-6-16(19)18-10-12-8-17-9-13(12)11-18;/h2-5,12-13,17H,6-11H2,1H3;1H/t12-,13+;. The summed E-state index contributed by atoms with van der Waals surface area (Å²) in [7, 11) is -3.19. The maximum atomic E-state index is 12.2. The number of nitrogens with zero attached hydrogens (tertiary/aromatic N) is 1. The maximum absolute atomic E-state index is 12.2. The second-order valence-electron chi connectivity index (χ2n) is 6.32. The van der Waals surface area contributed by atoms with E-state index in [2.05, 4.69) is 5.32 Å². The third-order valence-corrected chi connectivity index (χ3v) is 5.71. The zero-order valence-corrected chi connectivity index (χ0v) is 15.2. The molecule has 1 amide bonds. The van der Waals surface area contributed by atoms with Gasteiger partial charge in [-0.25, -0.2) is 8.42 Å². The summed E-state index contributed by atoms with van der Waals surface area (Å²) < 4.78 is 28.3. The average molecular weight is 375 g/mol. The fourth-order valence-electron chi connectivity index (χ4n) is 3.26. The molecule has 2 fully saturated rings. The Morgan fingerprint density at radius 2 is 1.79 bits per heavy atom. The zero-order valence-electron chi connectivity index (χ0n) is 13.6. The molecule has 24 heavy (non-hydrogen) atoms. The first kappa shape index (κ1) is 19.0. The molecule has 2 aliphatic heterocycles. The summed E-state index contributed by atoms with van der Waals surface area (Å²) in [6.07, 6.45) is 1.52. The van der Waals surface area contributed by atoms with Crippen LogP contribution < -0.4 is 10.1 Å². The van der Waals surface area contributed by atoms with Gasteiger partial charge in [-0.1, -0.05) is 0 Å². The van der Waals surface area contributed by atoms with Crippen LogP contribution in [0, 0.1) is 11.8 Å². The Balaban J connectivity index is 0.00000208. The quantitative estimate of drug-likeness (QED) is 0.830. The number of nitrogens with one attached hydrogen (secondary N) is 1. The Morgan fingerprint density at radius 3 is 2.33 bits per heavy atom. The summed E-state index contributed by atoms with van der Waals surface area (Å²) in [5.41, 5.74) is 0. The fourth-order valence-corrected chi connectivity index (χ4v) is 3.89. The normalized spacial score (nSPS) is 22.8. The van der Waals surface area contributed by atoms with E-state index in [-0.39, 0.29) is 23.2 Å². The Bertz CT molecular complexity index is 666. The summed E-state index contributed by atoms with van der Waals surface area (Å²) >= 11 is 0. The second kappa shape index (κ2) is 7.72. The van der Waals surface area contributed by atoms with E-state index in [1.165, 1.54) is 18.4 Å². The SMILES string of the molecule is CS(=O)(=O)c1ccc(OCCC(=O)N2C[C@H]3CNC[C@H]3C2)cc1.Cl. The Hall–Kier alpha value is -1.31. The number of amides is 1. The molecule has 0 aliphatic carbocycles. The molecule has 3 rings (SSSR count). The van der Waals surface area contributed by atoms with Crippen LogP contribution in [0.3, 0.4) is 0 Å². The number of halogens is 1. The van der Waals surface area contributed by atoms with Gasteiger partial charge >= 0.3 is 0 Å². The molecule has 0 aromatic heterocycles. The molecule has 134 valence electrons. The summed E-state index contributed by atoms with van der Waals surface area (Å²) in [5, 5.41) is 3.36. The molecule has 6 nitrogen and oxygen atoms in total. The van der Waals surface area contributed by atoms with E-state index in [4.69, 9.17) is 4.74 Å². The lowest BCUT2D eigenvalue weighted by Crippen LogP contribution is -2.32. The number of sulfone groups is 1. The highest BCUT2D eigenvalue weighted by molar-refractivity contribution is 7.90. The number of likely N-dealkylation sites (tertiary alicyclic amines) is 1. The maximum Gasteiger partial charge on any atom is 0.226 e. The van der Waals surface area contributed by atoms with Crippen molar-refractivity contribution in [2.45, 2.75) is 11.3 Å². The van der Waals surface area contributed by atoms with Gasteiger partial charge in [-0.05, 0) is 36.1 Å². The van der Waals surface area contributed by atoms with Crippen LogP contribution in [0.2, 0.25) is 0 Å². The lowest BCUT2D eigenvalue weighted by Gasteiger charge is -2.17. The molecule has 1 aromatic rings. The molecule has 2 heterocycles. The van der Waals surface area contributed by atoms with Crippen LogP contribution in [0.25, 0.3) is 0 Å². The highest BCUT2D eigenvalue weighted by atomic mass is 35.5. The first-order valence-corrected chi connectivity index (χ1v) is 9.74. The van der Waals surface area contributed by atoms with Crippen LogP contribution in [0.5, 0.6) is 5.75 Å². The number of hydrogen-bond acceptors (Lipinski definition) is 5. The van der Waals surface area contributed by atoms with E-state index in [1.54, 1.807) is 12.1 Å². The number of fused-ring (bicyclic) bond motifs is 1. The molecule has 8 heteroatoms. The van der Waals surface area contributed by atoms with Gasteiger partial charge in [-0.2, -0.15) is 0 Å². The van der Waals surface area contributed by atoms with E-state index >= 15 is 0 Å². The van der Waals surface area contributed by atoms with Crippen molar-refractivity contribution < 1.29 is 17.9 Å². The van der Waals surface area contributed by atoms with Crippen molar-refractivity contribution in [3.63, 3.8) is 0 Å². The number of rotatable bonds is 5. The number of benzene rings is 1. The zero-order chi connectivity index (χ0) is 16.4. The number of ether oxygens (including phenoxy) is 1. The number of carbonyl (C=O) groups excluding carboxylic acids is 1. The fraction of sp³-hybridized carbons (Fsp3) is 0.562. The average Bonchev–Trinajstić information content (AvgIpc) is 3.08. The predicted molar refractivity (Wildman–Crippen MR) is 93.3 cm³/mol. The summed E-state index contributed by atoms with van der Waals surface area (Å²) in [6, 6.07) is 6.27. The van der Waals surface area contributed by atoms with Gasteiger partial charge < -0.3 is 15.0 Å². The van der Waals surface area contributed by atoms with E-state index in [0.717, 1.165) is 26.2 Å². The summed E-state index contributed by atoms with van der Waals surface area (Å²) in [5.74, 6) is 1.91. The minimum absolute atomic E-state index is 0. The molecule has 0 unspecified atom stereocenters. The van der Waals surface area contributed by atoms with Gasteiger partial charge in [-0.15, -0.1) is 12.4 Å². The first-order chi connectivity index (χ1) is 10.9. The predicted octanol–water partition coefficient (Wildman–Crippen LogP) is 0.959. The lowest BCUT2D eigenvalue weighted by atomic mass is 10.0. The van der Waals surface area contributed by atoms with Gasteiger partial charge in [-0.3, -0.25) is 4.79 Å².